The fourth-order valence-electron chi connectivity index (χ4n) is 1.79. The molecule has 0 saturated heterocycles. The van der Waals surface area contributed by atoms with Crippen LogP contribution >= 0.6 is 22.9 Å². The van der Waals surface area contributed by atoms with E-state index in [0.717, 1.165) is 22.1 Å². The summed E-state index contributed by atoms with van der Waals surface area (Å²) in [5.41, 5.74) is 3.84. The Morgan fingerprint density at radius 1 is 1.00 bits per heavy atom. The summed E-state index contributed by atoms with van der Waals surface area (Å²) in [4.78, 5) is 0.949. The minimum Gasteiger partial charge on any atom is -0.456 e. The molecule has 0 radical (unpaired) electrons. The summed E-state index contributed by atoms with van der Waals surface area (Å²) < 4.78 is 5.84. The van der Waals surface area contributed by atoms with Crippen molar-refractivity contribution in [3.8, 4) is 11.5 Å². The molecular formula is C17H13ClN2OS. The lowest BCUT2D eigenvalue weighted by Gasteiger charge is -2.04. The minimum atomic E-state index is 0.700. The van der Waals surface area contributed by atoms with Gasteiger partial charge in [0.15, 0.2) is 0 Å². The molecule has 1 heterocycles. The largest absolute Gasteiger partial charge is 0.456 e. The Hall–Kier alpha value is -2.30. The molecule has 2 aromatic carbocycles. The summed E-state index contributed by atoms with van der Waals surface area (Å²) in [5.74, 6) is 1.60. The van der Waals surface area contributed by atoms with Crippen molar-refractivity contribution in [1.29, 1.82) is 0 Å². The molecular weight excluding hydrogens is 316 g/mol. The molecule has 0 bridgehead atoms. The second-order valence-electron chi connectivity index (χ2n) is 4.44. The maximum Gasteiger partial charge on any atom is 0.147 e. The van der Waals surface area contributed by atoms with E-state index >= 15 is 0 Å². The molecule has 0 atom stereocenters. The van der Waals surface area contributed by atoms with Gasteiger partial charge >= 0.3 is 0 Å². The fraction of sp³-hybridized carbons (Fsp3) is 0. The zero-order valence-electron chi connectivity index (χ0n) is 11.6. The summed E-state index contributed by atoms with van der Waals surface area (Å²) in [7, 11) is 0. The van der Waals surface area contributed by atoms with Gasteiger partial charge in [0.05, 0.1) is 16.8 Å². The average molecular weight is 329 g/mol. The van der Waals surface area contributed by atoms with E-state index < -0.39 is 0 Å². The van der Waals surface area contributed by atoms with Gasteiger partial charge in [0.25, 0.3) is 0 Å². The standard InChI is InChI=1S/C17H13ClN2OS/c18-13-6-8-14(9-7-13)20-19-12-17-16(10-11-22-17)21-15-4-2-1-3-5-15/h1-12,20H/b19-12+. The van der Waals surface area contributed by atoms with Crippen LogP contribution in [0.25, 0.3) is 0 Å². The van der Waals surface area contributed by atoms with Crippen LogP contribution in [0.15, 0.2) is 71.1 Å². The number of anilines is 1. The molecule has 3 aromatic rings. The Balaban J connectivity index is 1.67. The van der Waals surface area contributed by atoms with E-state index in [9.17, 15) is 0 Å². The van der Waals surface area contributed by atoms with Crippen molar-refractivity contribution in [3.05, 3.63) is 75.9 Å². The molecule has 0 saturated carbocycles. The number of benzene rings is 2. The summed E-state index contributed by atoms with van der Waals surface area (Å²) >= 11 is 7.41. The lowest BCUT2D eigenvalue weighted by molar-refractivity contribution is 0.484. The first kappa shape index (κ1) is 14.6. The van der Waals surface area contributed by atoms with Crippen LogP contribution in [0.5, 0.6) is 11.5 Å². The van der Waals surface area contributed by atoms with Crippen LogP contribution in [0.2, 0.25) is 5.02 Å². The number of hydrogen-bond acceptors (Lipinski definition) is 4. The van der Waals surface area contributed by atoms with Gasteiger partial charge in [-0.25, -0.2) is 0 Å². The van der Waals surface area contributed by atoms with Crippen LogP contribution in [0.1, 0.15) is 4.88 Å². The molecule has 0 fully saturated rings. The Labute approximate surface area is 137 Å². The number of nitrogens with zero attached hydrogens (tertiary/aromatic N) is 1. The molecule has 0 unspecified atom stereocenters. The number of ether oxygens (including phenoxy) is 1. The third-order valence-electron chi connectivity index (χ3n) is 2.85. The van der Waals surface area contributed by atoms with Crippen LogP contribution < -0.4 is 10.2 Å². The normalized spacial score (nSPS) is 10.8. The molecule has 1 aromatic heterocycles. The number of rotatable bonds is 5. The van der Waals surface area contributed by atoms with E-state index in [0.29, 0.717) is 5.02 Å². The topological polar surface area (TPSA) is 33.6 Å². The molecule has 0 aliphatic heterocycles. The smallest absolute Gasteiger partial charge is 0.147 e. The van der Waals surface area contributed by atoms with E-state index in [1.807, 2.05) is 66.0 Å². The molecule has 3 rings (SSSR count). The summed E-state index contributed by atoms with van der Waals surface area (Å²) in [6.07, 6.45) is 1.75. The van der Waals surface area contributed by atoms with Crippen molar-refractivity contribution in [2.45, 2.75) is 0 Å². The van der Waals surface area contributed by atoms with Gasteiger partial charge in [-0.3, -0.25) is 5.43 Å². The SMILES string of the molecule is Clc1ccc(N/N=C/c2sccc2Oc2ccccc2)cc1. The molecule has 0 aliphatic rings. The third kappa shape index (κ3) is 3.87. The highest BCUT2D eigenvalue weighted by Gasteiger charge is 2.04. The number of para-hydroxylation sites is 1. The number of hydrogen-bond donors (Lipinski definition) is 1. The predicted octanol–water partition coefficient (Wildman–Crippen LogP) is 5.64. The number of hydrazone groups is 1. The van der Waals surface area contributed by atoms with Crippen molar-refractivity contribution in [2.24, 2.45) is 5.10 Å². The van der Waals surface area contributed by atoms with E-state index in [1.54, 1.807) is 17.6 Å². The zero-order chi connectivity index (χ0) is 15.2. The van der Waals surface area contributed by atoms with Gasteiger partial charge in [-0.05, 0) is 47.8 Å². The van der Waals surface area contributed by atoms with Crippen molar-refractivity contribution in [2.75, 3.05) is 5.43 Å². The van der Waals surface area contributed by atoms with E-state index in [4.69, 9.17) is 16.3 Å². The first-order chi connectivity index (χ1) is 10.8. The second kappa shape index (κ2) is 7.11. The Morgan fingerprint density at radius 2 is 1.77 bits per heavy atom. The predicted molar refractivity (Wildman–Crippen MR) is 93.5 cm³/mol. The van der Waals surface area contributed by atoms with Gasteiger partial charge in [0, 0.05) is 5.02 Å². The maximum atomic E-state index is 5.84. The number of halogens is 1. The number of thiophene rings is 1. The molecule has 3 nitrogen and oxygen atoms in total. The molecule has 22 heavy (non-hydrogen) atoms. The fourth-order valence-corrected chi connectivity index (χ4v) is 2.60. The monoisotopic (exact) mass is 328 g/mol. The van der Waals surface area contributed by atoms with E-state index in [-0.39, 0.29) is 0 Å². The maximum absolute atomic E-state index is 5.84. The molecule has 110 valence electrons. The summed E-state index contributed by atoms with van der Waals surface area (Å²) in [6.45, 7) is 0. The Bertz CT molecular complexity index is 754. The van der Waals surface area contributed by atoms with Crippen LogP contribution in [0, 0.1) is 0 Å². The van der Waals surface area contributed by atoms with Gasteiger partial charge in [-0.15, -0.1) is 11.3 Å². The van der Waals surface area contributed by atoms with Gasteiger partial charge in [-0.2, -0.15) is 5.10 Å². The van der Waals surface area contributed by atoms with Crippen LogP contribution in [0.4, 0.5) is 5.69 Å². The second-order valence-corrected chi connectivity index (χ2v) is 5.83. The molecule has 0 spiro atoms. The van der Waals surface area contributed by atoms with Crippen molar-refractivity contribution in [1.82, 2.24) is 0 Å². The zero-order valence-corrected chi connectivity index (χ0v) is 13.1. The average Bonchev–Trinajstić information content (AvgIpc) is 2.98. The van der Waals surface area contributed by atoms with Crippen LogP contribution in [-0.2, 0) is 0 Å². The lowest BCUT2D eigenvalue weighted by Crippen LogP contribution is -1.90. The van der Waals surface area contributed by atoms with Crippen molar-refractivity contribution >= 4 is 34.8 Å². The quantitative estimate of drug-likeness (QED) is 0.485. The summed E-state index contributed by atoms with van der Waals surface area (Å²) in [6, 6.07) is 19.0. The minimum absolute atomic E-state index is 0.700. The van der Waals surface area contributed by atoms with E-state index in [1.165, 1.54) is 0 Å². The van der Waals surface area contributed by atoms with Gasteiger partial charge in [0.1, 0.15) is 11.5 Å². The first-order valence-electron chi connectivity index (χ1n) is 6.66. The van der Waals surface area contributed by atoms with Gasteiger partial charge in [0.2, 0.25) is 0 Å². The Morgan fingerprint density at radius 3 is 2.55 bits per heavy atom. The molecule has 5 heteroatoms. The summed E-state index contributed by atoms with van der Waals surface area (Å²) in [5, 5.41) is 6.90. The molecule has 0 amide bonds. The van der Waals surface area contributed by atoms with Crippen molar-refractivity contribution in [3.63, 3.8) is 0 Å². The highest BCUT2D eigenvalue weighted by Crippen LogP contribution is 2.28. The van der Waals surface area contributed by atoms with Gasteiger partial charge in [-0.1, -0.05) is 29.8 Å². The molecule has 0 aliphatic carbocycles. The lowest BCUT2D eigenvalue weighted by atomic mass is 10.3. The van der Waals surface area contributed by atoms with Crippen molar-refractivity contribution < 1.29 is 4.74 Å². The van der Waals surface area contributed by atoms with Crippen LogP contribution in [-0.4, -0.2) is 6.21 Å². The highest BCUT2D eigenvalue weighted by atomic mass is 35.5. The highest BCUT2D eigenvalue weighted by molar-refractivity contribution is 7.12. The van der Waals surface area contributed by atoms with Gasteiger partial charge < -0.3 is 4.74 Å². The van der Waals surface area contributed by atoms with Crippen LogP contribution in [0.3, 0.4) is 0 Å². The number of nitrogens with one attached hydrogen (secondary N) is 1. The molecule has 1 N–H and O–H groups in total. The first-order valence-corrected chi connectivity index (χ1v) is 7.92. The van der Waals surface area contributed by atoms with E-state index in [2.05, 4.69) is 10.5 Å². The third-order valence-corrected chi connectivity index (χ3v) is 3.93. The Kier molecular flexibility index (Phi) is 4.73.